The molecule has 0 spiro atoms. The zero-order valence-electron chi connectivity index (χ0n) is 12.6. The summed E-state index contributed by atoms with van der Waals surface area (Å²) in [5.74, 6) is 1.56. The Morgan fingerprint density at radius 1 is 1.38 bits per heavy atom. The first-order valence-electron chi connectivity index (χ1n) is 7.01. The third kappa shape index (κ3) is 4.86. The van der Waals surface area contributed by atoms with Crippen LogP contribution in [0.2, 0.25) is 0 Å². The summed E-state index contributed by atoms with van der Waals surface area (Å²) in [7, 11) is 1.75. The summed E-state index contributed by atoms with van der Waals surface area (Å²) >= 11 is 1.68. The highest BCUT2D eigenvalue weighted by atomic mass is 32.1. The summed E-state index contributed by atoms with van der Waals surface area (Å²) in [6.07, 6.45) is 1.76. The van der Waals surface area contributed by atoms with Gasteiger partial charge in [0.25, 0.3) is 0 Å². The van der Waals surface area contributed by atoms with Crippen LogP contribution in [0.4, 0.5) is 0 Å². The minimum atomic E-state index is 0.572. The van der Waals surface area contributed by atoms with E-state index in [9.17, 15) is 0 Å². The summed E-state index contributed by atoms with van der Waals surface area (Å²) in [6.45, 7) is 5.43. The van der Waals surface area contributed by atoms with E-state index in [0.29, 0.717) is 6.54 Å². The minimum absolute atomic E-state index is 0.572. The summed E-state index contributed by atoms with van der Waals surface area (Å²) in [5, 5.41) is 13.6. The normalized spacial score (nSPS) is 11.7. The largest absolute Gasteiger partial charge is 0.359 e. The lowest BCUT2D eigenvalue weighted by Crippen LogP contribution is -2.37. The van der Waals surface area contributed by atoms with E-state index in [-0.39, 0.29) is 0 Å². The Balaban J connectivity index is 1.73. The van der Waals surface area contributed by atoms with Crippen molar-refractivity contribution in [3.8, 4) is 0 Å². The van der Waals surface area contributed by atoms with Gasteiger partial charge >= 0.3 is 0 Å². The lowest BCUT2D eigenvalue weighted by atomic mass is 10.3. The van der Waals surface area contributed by atoms with Crippen molar-refractivity contribution in [1.82, 2.24) is 20.8 Å². The molecule has 0 aliphatic heterocycles. The summed E-state index contributed by atoms with van der Waals surface area (Å²) in [6, 6.07) is 1.96. The summed E-state index contributed by atoms with van der Waals surface area (Å²) in [4.78, 5) is 8.62. The molecule has 2 rings (SSSR count). The van der Waals surface area contributed by atoms with E-state index in [4.69, 9.17) is 4.52 Å². The summed E-state index contributed by atoms with van der Waals surface area (Å²) < 4.78 is 5.22. The van der Waals surface area contributed by atoms with Gasteiger partial charge in [0, 0.05) is 31.5 Å². The minimum Gasteiger partial charge on any atom is -0.359 e. The van der Waals surface area contributed by atoms with E-state index < -0.39 is 0 Å². The topological polar surface area (TPSA) is 75.3 Å². The molecule has 7 heteroatoms. The van der Waals surface area contributed by atoms with E-state index in [1.54, 1.807) is 18.4 Å². The van der Waals surface area contributed by atoms with E-state index in [0.717, 1.165) is 47.5 Å². The number of nitrogens with zero attached hydrogens (tertiary/aromatic N) is 3. The van der Waals surface area contributed by atoms with Crippen molar-refractivity contribution in [2.24, 2.45) is 4.99 Å². The molecule has 21 heavy (non-hydrogen) atoms. The molecule has 0 aliphatic carbocycles. The van der Waals surface area contributed by atoms with Gasteiger partial charge < -0.3 is 15.2 Å². The van der Waals surface area contributed by atoms with Gasteiger partial charge in [-0.25, -0.2) is 4.98 Å². The predicted molar refractivity (Wildman–Crippen MR) is 84.6 cm³/mol. The maximum absolute atomic E-state index is 5.22. The van der Waals surface area contributed by atoms with Gasteiger partial charge in [-0.3, -0.25) is 4.99 Å². The zero-order chi connectivity index (χ0) is 15.1. The lowest BCUT2D eigenvalue weighted by molar-refractivity contribution is 0.374. The van der Waals surface area contributed by atoms with Crippen LogP contribution in [0.25, 0.3) is 0 Å². The van der Waals surface area contributed by atoms with Gasteiger partial charge in [-0.2, -0.15) is 0 Å². The van der Waals surface area contributed by atoms with Crippen molar-refractivity contribution in [2.75, 3.05) is 13.6 Å². The van der Waals surface area contributed by atoms with Crippen LogP contribution in [0.1, 0.15) is 29.1 Å². The van der Waals surface area contributed by atoms with Crippen LogP contribution < -0.4 is 10.6 Å². The second-order valence-electron chi connectivity index (χ2n) is 4.60. The first-order chi connectivity index (χ1) is 10.2. The van der Waals surface area contributed by atoms with Gasteiger partial charge in [-0.1, -0.05) is 12.1 Å². The van der Waals surface area contributed by atoms with E-state index in [1.807, 2.05) is 13.0 Å². The van der Waals surface area contributed by atoms with Gasteiger partial charge in [-0.05, 0) is 13.3 Å². The lowest BCUT2D eigenvalue weighted by Gasteiger charge is -2.09. The number of rotatable bonds is 6. The average molecular weight is 307 g/mol. The van der Waals surface area contributed by atoms with Crippen molar-refractivity contribution in [3.63, 3.8) is 0 Å². The first-order valence-corrected chi connectivity index (χ1v) is 7.89. The molecule has 0 atom stereocenters. The highest BCUT2D eigenvalue weighted by Crippen LogP contribution is 2.07. The van der Waals surface area contributed by atoms with Crippen LogP contribution in [-0.4, -0.2) is 29.7 Å². The fourth-order valence-corrected chi connectivity index (χ4v) is 2.48. The molecule has 2 N–H and O–H groups in total. The number of hydrogen-bond donors (Lipinski definition) is 2. The standard InChI is InChI=1S/C14H21N5OS/c1-4-11-7-13(20-19-11)8-17-14(15-3)16-6-5-12-9-21-10(2)18-12/h7,9H,4-6,8H2,1-3H3,(H2,15,16,17). The van der Waals surface area contributed by atoms with Crippen LogP contribution in [0, 0.1) is 6.92 Å². The average Bonchev–Trinajstić information content (AvgIpc) is 3.11. The second-order valence-corrected chi connectivity index (χ2v) is 5.66. The highest BCUT2D eigenvalue weighted by molar-refractivity contribution is 7.09. The Labute approximate surface area is 128 Å². The quantitative estimate of drug-likeness (QED) is 0.630. The highest BCUT2D eigenvalue weighted by Gasteiger charge is 2.04. The van der Waals surface area contributed by atoms with Crippen molar-refractivity contribution < 1.29 is 4.52 Å². The Bertz CT molecular complexity index is 590. The van der Waals surface area contributed by atoms with Gasteiger partial charge in [-0.15, -0.1) is 11.3 Å². The second kappa shape index (κ2) is 7.78. The molecule has 0 aromatic carbocycles. The molecule has 0 bridgehead atoms. The molecule has 2 aromatic heterocycles. The van der Waals surface area contributed by atoms with Crippen LogP contribution in [0.3, 0.4) is 0 Å². The first kappa shape index (κ1) is 15.5. The molecule has 0 amide bonds. The number of aliphatic imine (C=N–C) groups is 1. The Hall–Kier alpha value is -1.89. The molecular weight excluding hydrogens is 286 g/mol. The van der Waals surface area contributed by atoms with Crippen LogP contribution in [-0.2, 0) is 19.4 Å². The van der Waals surface area contributed by atoms with Crippen LogP contribution in [0.15, 0.2) is 21.0 Å². The van der Waals surface area contributed by atoms with Crippen molar-refractivity contribution in [2.45, 2.75) is 33.2 Å². The Morgan fingerprint density at radius 3 is 2.86 bits per heavy atom. The van der Waals surface area contributed by atoms with Crippen molar-refractivity contribution in [3.05, 3.63) is 33.6 Å². The smallest absolute Gasteiger partial charge is 0.191 e. The van der Waals surface area contributed by atoms with E-state index in [1.165, 1.54) is 0 Å². The molecule has 0 radical (unpaired) electrons. The number of hydrogen-bond acceptors (Lipinski definition) is 5. The van der Waals surface area contributed by atoms with Crippen LogP contribution in [0.5, 0.6) is 0 Å². The number of aromatic nitrogens is 2. The van der Waals surface area contributed by atoms with Gasteiger partial charge in [0.05, 0.1) is 22.9 Å². The molecule has 114 valence electrons. The summed E-state index contributed by atoms with van der Waals surface area (Å²) in [5.41, 5.74) is 2.08. The molecule has 0 saturated heterocycles. The molecule has 0 aliphatic rings. The van der Waals surface area contributed by atoms with Crippen molar-refractivity contribution in [1.29, 1.82) is 0 Å². The molecule has 2 aromatic rings. The number of aryl methyl sites for hydroxylation is 2. The molecule has 2 heterocycles. The predicted octanol–water partition coefficient (Wildman–Crippen LogP) is 1.91. The molecule has 0 fully saturated rings. The Kier molecular flexibility index (Phi) is 5.74. The monoisotopic (exact) mass is 307 g/mol. The van der Waals surface area contributed by atoms with Gasteiger partial charge in [0.1, 0.15) is 0 Å². The third-order valence-electron chi connectivity index (χ3n) is 2.96. The van der Waals surface area contributed by atoms with Crippen molar-refractivity contribution >= 4 is 17.3 Å². The fourth-order valence-electron chi connectivity index (χ4n) is 1.83. The molecule has 0 saturated carbocycles. The molecule has 6 nitrogen and oxygen atoms in total. The van der Waals surface area contributed by atoms with Crippen LogP contribution >= 0.6 is 11.3 Å². The number of nitrogens with one attached hydrogen (secondary N) is 2. The maximum atomic E-state index is 5.22. The Morgan fingerprint density at radius 2 is 2.24 bits per heavy atom. The molecule has 0 unspecified atom stereocenters. The van der Waals surface area contributed by atoms with Gasteiger partial charge in [0.2, 0.25) is 0 Å². The molecular formula is C14H21N5OS. The van der Waals surface area contributed by atoms with E-state index >= 15 is 0 Å². The SMILES string of the molecule is CCc1cc(CNC(=NC)NCCc2csc(C)n2)on1. The third-order valence-corrected chi connectivity index (χ3v) is 3.79. The fraction of sp³-hybridized carbons (Fsp3) is 0.500. The zero-order valence-corrected chi connectivity index (χ0v) is 13.5. The van der Waals surface area contributed by atoms with Gasteiger partial charge in [0.15, 0.2) is 11.7 Å². The number of thiazole rings is 1. The maximum Gasteiger partial charge on any atom is 0.191 e. The van der Waals surface area contributed by atoms with E-state index in [2.05, 4.69) is 38.1 Å². The number of guanidine groups is 1.